The van der Waals surface area contributed by atoms with E-state index in [4.69, 9.17) is 0 Å². The van der Waals surface area contributed by atoms with E-state index in [9.17, 15) is 9.59 Å². The Hall–Kier alpha value is -2.66. The third-order valence-electron chi connectivity index (χ3n) is 5.54. The van der Waals surface area contributed by atoms with Gasteiger partial charge in [-0.05, 0) is 107 Å². The maximum absolute atomic E-state index is 12.2. The van der Waals surface area contributed by atoms with Crippen LogP contribution in [0.4, 0.5) is 0 Å². The smallest absolute Gasteiger partial charge is 0.251 e. The zero-order chi connectivity index (χ0) is 22.1. The highest BCUT2D eigenvalue weighted by Gasteiger charge is 2.08. The summed E-state index contributed by atoms with van der Waals surface area (Å²) in [7, 11) is 2.07. The monoisotopic (exact) mass is 409 g/mol. The number of carbonyl (C=O) groups excluding carboxylic acids is 2. The molecule has 0 bridgehead atoms. The van der Waals surface area contributed by atoms with Crippen molar-refractivity contribution in [3.8, 4) is 0 Å². The quantitative estimate of drug-likeness (QED) is 0.587. The number of benzene rings is 2. The molecular formula is C25H35N3O2. The van der Waals surface area contributed by atoms with Gasteiger partial charge in [-0.2, -0.15) is 0 Å². The Morgan fingerprint density at radius 3 is 1.47 bits per heavy atom. The van der Waals surface area contributed by atoms with E-state index >= 15 is 0 Å². The van der Waals surface area contributed by atoms with Crippen LogP contribution in [0.5, 0.6) is 0 Å². The van der Waals surface area contributed by atoms with Crippen LogP contribution in [0.2, 0.25) is 0 Å². The Kier molecular flexibility index (Phi) is 9.06. The molecule has 2 rings (SSSR count). The molecule has 0 aromatic heterocycles. The van der Waals surface area contributed by atoms with Crippen LogP contribution in [0.15, 0.2) is 36.4 Å². The molecule has 5 heteroatoms. The molecular weight excluding hydrogens is 374 g/mol. The first-order valence-electron chi connectivity index (χ1n) is 10.7. The predicted octanol–water partition coefficient (Wildman–Crippen LogP) is 3.79. The highest BCUT2D eigenvalue weighted by Crippen LogP contribution is 2.10. The van der Waals surface area contributed by atoms with Crippen molar-refractivity contribution in [2.45, 2.75) is 40.5 Å². The average molecular weight is 410 g/mol. The summed E-state index contributed by atoms with van der Waals surface area (Å²) in [5.74, 6) is -0.0374. The van der Waals surface area contributed by atoms with Gasteiger partial charge in [-0.3, -0.25) is 9.59 Å². The van der Waals surface area contributed by atoms with Crippen LogP contribution in [-0.2, 0) is 0 Å². The van der Waals surface area contributed by atoms with Crippen molar-refractivity contribution in [3.05, 3.63) is 69.8 Å². The topological polar surface area (TPSA) is 61.4 Å². The van der Waals surface area contributed by atoms with Crippen molar-refractivity contribution in [3.63, 3.8) is 0 Å². The second kappa shape index (κ2) is 11.5. The minimum Gasteiger partial charge on any atom is -0.352 e. The standard InChI is InChI=1S/C25H35N3O2/c1-18-8-10-22(16-20(18)3)24(29)26-12-6-14-28(5)15-7-13-27-25(30)23-11-9-19(2)21(4)17-23/h8-11,16-17H,6-7,12-15H2,1-5H3,(H,26,29)(H,27,30). The normalized spacial score (nSPS) is 10.9. The number of hydrogen-bond donors (Lipinski definition) is 2. The van der Waals surface area contributed by atoms with Crippen LogP contribution < -0.4 is 10.6 Å². The van der Waals surface area contributed by atoms with Gasteiger partial charge in [0.1, 0.15) is 0 Å². The molecule has 0 fully saturated rings. The Morgan fingerprint density at radius 2 is 1.10 bits per heavy atom. The molecule has 0 aliphatic heterocycles. The third-order valence-corrected chi connectivity index (χ3v) is 5.54. The van der Waals surface area contributed by atoms with Gasteiger partial charge in [0.2, 0.25) is 0 Å². The lowest BCUT2D eigenvalue weighted by Crippen LogP contribution is -2.30. The summed E-state index contributed by atoms with van der Waals surface area (Å²) in [6.45, 7) is 11.2. The number of hydrogen-bond acceptors (Lipinski definition) is 3. The Morgan fingerprint density at radius 1 is 0.700 bits per heavy atom. The van der Waals surface area contributed by atoms with Gasteiger partial charge in [-0.25, -0.2) is 0 Å². The van der Waals surface area contributed by atoms with Crippen LogP contribution in [0.25, 0.3) is 0 Å². The maximum atomic E-state index is 12.2. The van der Waals surface area contributed by atoms with E-state index in [0.29, 0.717) is 24.2 Å². The first-order valence-corrected chi connectivity index (χ1v) is 10.7. The van der Waals surface area contributed by atoms with Gasteiger partial charge < -0.3 is 15.5 Å². The van der Waals surface area contributed by atoms with E-state index in [1.165, 1.54) is 11.1 Å². The van der Waals surface area contributed by atoms with E-state index in [1.54, 1.807) is 0 Å². The molecule has 2 amide bonds. The molecule has 2 N–H and O–H groups in total. The number of carbonyl (C=O) groups is 2. The summed E-state index contributed by atoms with van der Waals surface area (Å²) >= 11 is 0. The molecule has 0 spiro atoms. The highest BCUT2D eigenvalue weighted by molar-refractivity contribution is 5.94. The molecule has 0 aliphatic rings. The summed E-state index contributed by atoms with van der Waals surface area (Å²) in [6, 6.07) is 11.6. The first kappa shape index (κ1) is 23.6. The molecule has 0 saturated heterocycles. The van der Waals surface area contributed by atoms with Crippen molar-refractivity contribution < 1.29 is 9.59 Å². The summed E-state index contributed by atoms with van der Waals surface area (Å²) < 4.78 is 0. The molecule has 2 aromatic carbocycles. The number of nitrogens with zero attached hydrogens (tertiary/aromatic N) is 1. The summed E-state index contributed by atoms with van der Waals surface area (Å²) in [4.78, 5) is 26.7. The predicted molar refractivity (Wildman–Crippen MR) is 123 cm³/mol. The fourth-order valence-corrected chi connectivity index (χ4v) is 3.18. The Bertz CT molecular complexity index is 805. The largest absolute Gasteiger partial charge is 0.352 e. The van der Waals surface area contributed by atoms with E-state index in [2.05, 4.69) is 22.6 Å². The minimum atomic E-state index is -0.0187. The second-order valence-corrected chi connectivity index (χ2v) is 8.12. The second-order valence-electron chi connectivity index (χ2n) is 8.12. The Labute approximate surface area is 180 Å². The first-order chi connectivity index (χ1) is 14.3. The number of rotatable bonds is 10. The van der Waals surface area contributed by atoms with Gasteiger partial charge in [-0.1, -0.05) is 12.1 Å². The van der Waals surface area contributed by atoms with Gasteiger partial charge in [0.05, 0.1) is 0 Å². The van der Waals surface area contributed by atoms with Crippen molar-refractivity contribution in [2.24, 2.45) is 0 Å². The highest BCUT2D eigenvalue weighted by atomic mass is 16.2. The van der Waals surface area contributed by atoms with Gasteiger partial charge >= 0.3 is 0 Å². The molecule has 0 atom stereocenters. The van der Waals surface area contributed by atoms with Gasteiger partial charge in [0.15, 0.2) is 0 Å². The third kappa shape index (κ3) is 7.30. The van der Waals surface area contributed by atoms with Gasteiger partial charge in [0.25, 0.3) is 11.8 Å². The molecule has 0 unspecified atom stereocenters. The van der Waals surface area contributed by atoms with Crippen molar-refractivity contribution >= 4 is 11.8 Å². The summed E-state index contributed by atoms with van der Waals surface area (Å²) in [5, 5.41) is 5.97. The number of amides is 2. The van der Waals surface area contributed by atoms with Crippen molar-refractivity contribution in [2.75, 3.05) is 33.2 Å². The SMILES string of the molecule is Cc1ccc(C(=O)NCCCN(C)CCCNC(=O)c2ccc(C)c(C)c2)cc1C. The van der Waals surface area contributed by atoms with Crippen LogP contribution >= 0.6 is 0 Å². The molecule has 0 heterocycles. The van der Waals surface area contributed by atoms with Crippen LogP contribution in [-0.4, -0.2) is 49.9 Å². The number of nitrogens with one attached hydrogen (secondary N) is 2. The molecule has 2 aromatic rings. The van der Waals surface area contributed by atoms with Crippen molar-refractivity contribution in [1.29, 1.82) is 0 Å². The van der Waals surface area contributed by atoms with Crippen LogP contribution in [0, 0.1) is 27.7 Å². The van der Waals surface area contributed by atoms with Crippen LogP contribution in [0.1, 0.15) is 55.8 Å². The van der Waals surface area contributed by atoms with Gasteiger partial charge in [0, 0.05) is 24.2 Å². The zero-order valence-electron chi connectivity index (χ0n) is 19.0. The van der Waals surface area contributed by atoms with Gasteiger partial charge in [-0.15, -0.1) is 0 Å². The zero-order valence-corrected chi connectivity index (χ0v) is 19.0. The maximum Gasteiger partial charge on any atom is 0.251 e. The summed E-state index contributed by atoms with van der Waals surface area (Å²) in [5.41, 5.74) is 6.08. The van der Waals surface area contributed by atoms with E-state index in [0.717, 1.165) is 37.1 Å². The minimum absolute atomic E-state index is 0.0187. The molecule has 0 aliphatic carbocycles. The van der Waals surface area contributed by atoms with E-state index in [-0.39, 0.29) is 11.8 Å². The molecule has 0 radical (unpaired) electrons. The average Bonchev–Trinajstić information content (AvgIpc) is 2.72. The molecule has 162 valence electrons. The lowest BCUT2D eigenvalue weighted by atomic mass is 10.1. The van der Waals surface area contributed by atoms with Crippen molar-refractivity contribution in [1.82, 2.24) is 15.5 Å². The molecule has 0 saturated carbocycles. The fraction of sp³-hybridized carbons (Fsp3) is 0.440. The van der Waals surface area contributed by atoms with E-state index in [1.807, 2.05) is 64.1 Å². The number of aryl methyl sites for hydroxylation is 4. The fourth-order valence-electron chi connectivity index (χ4n) is 3.18. The molecule has 5 nitrogen and oxygen atoms in total. The lowest BCUT2D eigenvalue weighted by Gasteiger charge is -2.17. The van der Waals surface area contributed by atoms with E-state index < -0.39 is 0 Å². The summed E-state index contributed by atoms with van der Waals surface area (Å²) in [6.07, 6.45) is 1.78. The molecule has 30 heavy (non-hydrogen) atoms. The Balaban J connectivity index is 1.59. The van der Waals surface area contributed by atoms with Crippen LogP contribution in [0.3, 0.4) is 0 Å². The lowest BCUT2D eigenvalue weighted by molar-refractivity contribution is 0.0945.